The Balaban J connectivity index is 1.44. The number of hydrogen-bond donors (Lipinski definition) is 2. The molecular formula is C29H33N7O6. The van der Waals surface area contributed by atoms with Crippen molar-refractivity contribution in [3.63, 3.8) is 0 Å². The van der Waals surface area contributed by atoms with Gasteiger partial charge in [0, 0.05) is 30.7 Å². The highest BCUT2D eigenvalue weighted by molar-refractivity contribution is 5.96. The highest BCUT2D eigenvalue weighted by Crippen LogP contribution is 2.33. The zero-order valence-electron chi connectivity index (χ0n) is 23.9. The maximum absolute atomic E-state index is 13.5. The lowest BCUT2D eigenvalue weighted by Gasteiger charge is -2.25. The van der Waals surface area contributed by atoms with Crippen molar-refractivity contribution in [2.75, 3.05) is 26.8 Å². The fourth-order valence-electron chi connectivity index (χ4n) is 4.63. The van der Waals surface area contributed by atoms with E-state index in [9.17, 15) is 14.4 Å². The zero-order valence-corrected chi connectivity index (χ0v) is 23.9. The van der Waals surface area contributed by atoms with E-state index in [2.05, 4.69) is 25.6 Å². The molecule has 2 N–H and O–H groups in total. The number of aryl methyl sites for hydroxylation is 1. The molecule has 13 nitrogen and oxygen atoms in total. The van der Waals surface area contributed by atoms with E-state index in [1.54, 1.807) is 55.2 Å². The lowest BCUT2D eigenvalue weighted by molar-refractivity contribution is -0.130. The smallest absolute Gasteiger partial charge is 0.274 e. The number of oxazole rings is 1. The lowest BCUT2D eigenvalue weighted by atomic mass is 10.0. The summed E-state index contributed by atoms with van der Waals surface area (Å²) in [6.45, 7) is 5.69. The molecule has 0 aliphatic carbocycles. The third-order valence-electron chi connectivity index (χ3n) is 6.91. The van der Waals surface area contributed by atoms with Crippen molar-refractivity contribution >= 4 is 23.5 Å². The number of benzene rings is 1. The van der Waals surface area contributed by atoms with Crippen molar-refractivity contribution in [3.05, 3.63) is 60.0 Å². The van der Waals surface area contributed by atoms with Crippen LogP contribution in [0.3, 0.4) is 0 Å². The number of imidazole rings is 1. The zero-order chi connectivity index (χ0) is 29.8. The van der Waals surface area contributed by atoms with E-state index in [4.69, 9.17) is 13.9 Å². The molecule has 1 atom stereocenters. The molecule has 4 bridgehead atoms. The summed E-state index contributed by atoms with van der Waals surface area (Å²) in [7, 11) is 1.55. The Bertz CT molecular complexity index is 1580. The van der Waals surface area contributed by atoms with Gasteiger partial charge in [0.1, 0.15) is 23.2 Å². The molecule has 3 amide bonds. The first-order valence-corrected chi connectivity index (χ1v) is 13.7. The van der Waals surface area contributed by atoms with Gasteiger partial charge < -0.3 is 29.4 Å². The van der Waals surface area contributed by atoms with Gasteiger partial charge in [0.2, 0.25) is 23.5 Å². The Morgan fingerprint density at radius 2 is 2.05 bits per heavy atom. The topological polar surface area (TPSA) is 153 Å². The molecule has 4 aromatic rings. The van der Waals surface area contributed by atoms with E-state index in [0.717, 1.165) is 0 Å². The van der Waals surface area contributed by atoms with Crippen LogP contribution in [-0.4, -0.2) is 74.8 Å². The largest absolute Gasteiger partial charge is 0.493 e. The molecule has 13 heteroatoms. The van der Waals surface area contributed by atoms with Crippen LogP contribution in [0.5, 0.6) is 11.5 Å². The average Bonchev–Trinajstić information content (AvgIpc) is 3.58. The van der Waals surface area contributed by atoms with Gasteiger partial charge in [-0.1, -0.05) is 13.8 Å². The van der Waals surface area contributed by atoms with Gasteiger partial charge in [0.05, 0.1) is 26.8 Å². The first-order valence-electron chi connectivity index (χ1n) is 13.7. The Labute approximate surface area is 242 Å². The maximum Gasteiger partial charge on any atom is 0.274 e. The van der Waals surface area contributed by atoms with E-state index in [0.29, 0.717) is 46.6 Å². The number of carbonyl (C=O) groups excluding carboxylic acids is 3. The number of aromatic nitrogens is 4. The summed E-state index contributed by atoms with van der Waals surface area (Å²) in [5.41, 5.74) is 1.39. The van der Waals surface area contributed by atoms with Crippen LogP contribution in [0.2, 0.25) is 0 Å². The third-order valence-corrected chi connectivity index (χ3v) is 6.91. The molecule has 4 heterocycles. The molecule has 1 aliphatic heterocycles. The van der Waals surface area contributed by atoms with Crippen LogP contribution in [0.15, 0.2) is 47.3 Å². The molecule has 0 fully saturated rings. The fraction of sp³-hybridized carbons (Fsp3) is 0.379. The van der Waals surface area contributed by atoms with Crippen LogP contribution in [0, 0.1) is 12.8 Å². The van der Waals surface area contributed by atoms with Gasteiger partial charge in [-0.15, -0.1) is 0 Å². The number of rotatable bonds is 3. The van der Waals surface area contributed by atoms with Gasteiger partial charge in [-0.25, -0.2) is 15.0 Å². The number of amides is 3. The number of carbonyl (C=O) groups is 3. The van der Waals surface area contributed by atoms with Crippen molar-refractivity contribution in [1.82, 2.24) is 34.9 Å². The molecule has 0 unspecified atom stereocenters. The predicted molar refractivity (Wildman–Crippen MR) is 151 cm³/mol. The summed E-state index contributed by atoms with van der Waals surface area (Å²) in [5.74, 6) is 0.796. The Morgan fingerprint density at radius 3 is 2.81 bits per heavy atom. The van der Waals surface area contributed by atoms with Crippen LogP contribution >= 0.6 is 0 Å². The van der Waals surface area contributed by atoms with Crippen molar-refractivity contribution < 1.29 is 28.3 Å². The quantitative estimate of drug-likeness (QED) is 0.375. The molecule has 0 saturated heterocycles. The Kier molecular flexibility index (Phi) is 8.36. The highest BCUT2D eigenvalue weighted by atomic mass is 16.5. The molecular weight excluding hydrogens is 542 g/mol. The molecule has 1 aromatic carbocycles. The number of methoxy groups -OCH3 is 1. The molecule has 220 valence electrons. The summed E-state index contributed by atoms with van der Waals surface area (Å²) in [5, 5.41) is 5.65. The fourth-order valence-corrected chi connectivity index (χ4v) is 4.63. The average molecular weight is 576 g/mol. The number of ether oxygens (including phenoxy) is 2. The van der Waals surface area contributed by atoms with Gasteiger partial charge in [-0.3, -0.25) is 18.8 Å². The molecule has 0 saturated carbocycles. The SMILES string of the molecule is COc1ccc2cc1OCCCN(C(=O)c1cn3cccnc3n1)CC(=O)N[C@@H](C(C)C)C(=O)NCc1nc-2oc1C. The number of nitrogens with one attached hydrogen (secondary N) is 2. The standard InChI is InChI=1S/C29H33N7O6/c1-17(2)25-26(38)31-14-20-18(3)42-27(32-20)19-7-8-22(40-4)23(13-19)41-12-6-11-35(16-24(37)34-25)28(39)21-15-36-10-5-9-30-29(36)33-21/h5,7-10,13,15,17,25H,6,11-12,14,16H2,1-4H3,(H,31,38)(H,34,37)/t25-/m0/s1. The molecule has 1 aliphatic rings. The van der Waals surface area contributed by atoms with Gasteiger partial charge >= 0.3 is 0 Å². The van der Waals surface area contributed by atoms with Crippen LogP contribution in [0.4, 0.5) is 0 Å². The van der Waals surface area contributed by atoms with Crippen LogP contribution < -0.4 is 20.1 Å². The Morgan fingerprint density at radius 1 is 1.21 bits per heavy atom. The number of fused-ring (bicyclic) bond motifs is 6. The summed E-state index contributed by atoms with van der Waals surface area (Å²) in [6, 6.07) is 6.24. The summed E-state index contributed by atoms with van der Waals surface area (Å²) >= 11 is 0. The minimum Gasteiger partial charge on any atom is -0.493 e. The van der Waals surface area contributed by atoms with Crippen LogP contribution in [0.1, 0.15) is 42.2 Å². The van der Waals surface area contributed by atoms with Crippen molar-refractivity contribution in [1.29, 1.82) is 0 Å². The minimum atomic E-state index is -0.827. The van der Waals surface area contributed by atoms with Crippen LogP contribution in [0.25, 0.3) is 17.2 Å². The molecule has 0 spiro atoms. The maximum atomic E-state index is 13.5. The summed E-state index contributed by atoms with van der Waals surface area (Å²) < 4.78 is 19.0. The molecule has 0 radical (unpaired) electrons. The minimum absolute atomic E-state index is 0.110. The molecule has 3 aromatic heterocycles. The summed E-state index contributed by atoms with van der Waals surface area (Å²) in [4.78, 5) is 54.4. The second-order valence-corrected chi connectivity index (χ2v) is 10.3. The van der Waals surface area contributed by atoms with Crippen molar-refractivity contribution in [2.24, 2.45) is 5.92 Å². The first-order chi connectivity index (χ1) is 20.2. The van der Waals surface area contributed by atoms with Crippen molar-refractivity contribution in [2.45, 2.75) is 39.8 Å². The van der Waals surface area contributed by atoms with Crippen molar-refractivity contribution in [3.8, 4) is 23.0 Å². The monoisotopic (exact) mass is 575 g/mol. The van der Waals surface area contributed by atoms with Gasteiger partial charge in [-0.2, -0.15) is 0 Å². The van der Waals surface area contributed by atoms with E-state index < -0.39 is 17.9 Å². The molecule has 42 heavy (non-hydrogen) atoms. The predicted octanol–water partition coefficient (Wildman–Crippen LogP) is 2.38. The number of hydrogen-bond acceptors (Lipinski definition) is 9. The second kappa shape index (κ2) is 12.3. The normalized spacial score (nSPS) is 16.8. The highest BCUT2D eigenvalue weighted by Gasteiger charge is 2.28. The van der Waals surface area contributed by atoms with Crippen LogP contribution in [-0.2, 0) is 16.1 Å². The third kappa shape index (κ3) is 6.19. The Hall–Kier alpha value is -4.94. The first kappa shape index (κ1) is 28.6. The second-order valence-electron chi connectivity index (χ2n) is 10.3. The number of nitrogens with zero attached hydrogens (tertiary/aromatic N) is 5. The van der Waals surface area contributed by atoms with E-state index in [1.165, 1.54) is 4.90 Å². The van der Waals surface area contributed by atoms with Gasteiger partial charge in [0.25, 0.3) is 5.91 Å². The lowest BCUT2D eigenvalue weighted by Crippen LogP contribution is -2.52. The van der Waals surface area contributed by atoms with E-state index in [1.807, 2.05) is 19.9 Å². The van der Waals surface area contributed by atoms with E-state index >= 15 is 0 Å². The van der Waals surface area contributed by atoms with E-state index in [-0.39, 0.29) is 43.8 Å². The van der Waals surface area contributed by atoms with Gasteiger partial charge in [0.15, 0.2) is 11.5 Å². The molecule has 5 rings (SSSR count). The van der Waals surface area contributed by atoms with Gasteiger partial charge in [-0.05, 0) is 43.5 Å². The summed E-state index contributed by atoms with van der Waals surface area (Å²) in [6.07, 6.45) is 5.29.